The highest BCUT2D eigenvalue weighted by Gasteiger charge is 2.12. The minimum atomic E-state index is -0.659. The van der Waals surface area contributed by atoms with Crippen molar-refractivity contribution >= 4 is 11.6 Å². The summed E-state index contributed by atoms with van der Waals surface area (Å²) in [6.45, 7) is 0.542. The third kappa shape index (κ3) is 3.44. The van der Waals surface area contributed by atoms with Gasteiger partial charge >= 0.3 is 0 Å². The number of carbonyl (C=O) groups excluding carboxylic acids is 1. The van der Waals surface area contributed by atoms with Crippen LogP contribution in [0.1, 0.15) is 21.5 Å². The van der Waals surface area contributed by atoms with Gasteiger partial charge in [-0.15, -0.1) is 0 Å². The highest BCUT2D eigenvalue weighted by Crippen LogP contribution is 2.18. The number of nitrogens with two attached hydrogens (primary N) is 1. The van der Waals surface area contributed by atoms with E-state index in [4.69, 9.17) is 11.0 Å². The van der Waals surface area contributed by atoms with Crippen molar-refractivity contribution in [3.63, 3.8) is 0 Å². The molecule has 0 aliphatic rings. The van der Waals surface area contributed by atoms with Crippen LogP contribution >= 0.6 is 0 Å². The molecule has 1 amide bonds. The predicted molar refractivity (Wildman–Crippen MR) is 78.3 cm³/mol. The fraction of sp³-hybridized carbons (Fsp3) is 0.125. The lowest BCUT2D eigenvalue weighted by Gasteiger charge is -2.08. The van der Waals surface area contributed by atoms with Crippen LogP contribution in [-0.4, -0.2) is 12.5 Å². The second-order valence-electron chi connectivity index (χ2n) is 4.46. The molecule has 2 aromatic rings. The van der Waals surface area contributed by atoms with Gasteiger partial charge in [0.25, 0.3) is 5.91 Å². The molecule has 0 fully saturated rings. The van der Waals surface area contributed by atoms with Crippen molar-refractivity contribution < 1.29 is 9.18 Å². The number of nitriles is 1. The summed E-state index contributed by atoms with van der Waals surface area (Å²) in [6.07, 6.45) is 0.740. The van der Waals surface area contributed by atoms with E-state index in [0.29, 0.717) is 12.1 Å². The topological polar surface area (TPSA) is 78.9 Å². The minimum absolute atomic E-state index is 0.161. The Morgan fingerprint density at radius 3 is 2.57 bits per heavy atom. The van der Waals surface area contributed by atoms with Gasteiger partial charge in [-0.2, -0.15) is 5.26 Å². The largest absolute Gasteiger partial charge is 0.330 e. The van der Waals surface area contributed by atoms with Crippen molar-refractivity contribution in [1.29, 1.82) is 5.26 Å². The molecule has 2 aromatic carbocycles. The van der Waals surface area contributed by atoms with E-state index in [9.17, 15) is 9.18 Å². The van der Waals surface area contributed by atoms with Crippen molar-refractivity contribution in [1.82, 2.24) is 0 Å². The number of anilines is 1. The van der Waals surface area contributed by atoms with Gasteiger partial charge in [0.15, 0.2) is 0 Å². The van der Waals surface area contributed by atoms with Gasteiger partial charge in [0.1, 0.15) is 17.4 Å². The smallest absolute Gasteiger partial charge is 0.255 e. The van der Waals surface area contributed by atoms with E-state index >= 15 is 0 Å². The molecule has 0 atom stereocenters. The number of hydrogen-bond donors (Lipinski definition) is 2. The average Bonchev–Trinajstić information content (AvgIpc) is 2.48. The fourth-order valence-electron chi connectivity index (χ4n) is 1.93. The molecule has 21 heavy (non-hydrogen) atoms. The summed E-state index contributed by atoms with van der Waals surface area (Å²) in [6, 6.07) is 12.8. The summed E-state index contributed by atoms with van der Waals surface area (Å²) in [7, 11) is 0. The number of nitrogens with zero attached hydrogens (tertiary/aromatic N) is 1. The molecule has 0 heterocycles. The molecular weight excluding hydrogens is 269 g/mol. The zero-order valence-electron chi connectivity index (χ0n) is 11.3. The van der Waals surface area contributed by atoms with E-state index in [1.165, 1.54) is 18.2 Å². The zero-order valence-corrected chi connectivity index (χ0v) is 11.3. The highest BCUT2D eigenvalue weighted by molar-refractivity contribution is 6.04. The Morgan fingerprint density at radius 2 is 1.95 bits per heavy atom. The van der Waals surface area contributed by atoms with Gasteiger partial charge in [-0.3, -0.25) is 4.79 Å². The van der Waals surface area contributed by atoms with Gasteiger partial charge in [0.05, 0.1) is 5.69 Å². The molecule has 0 unspecified atom stereocenters. The van der Waals surface area contributed by atoms with Crippen LogP contribution in [0.4, 0.5) is 10.1 Å². The monoisotopic (exact) mass is 283 g/mol. The maximum atomic E-state index is 13.5. The first-order valence-corrected chi connectivity index (χ1v) is 6.44. The molecule has 0 radical (unpaired) electrons. The molecule has 0 aliphatic heterocycles. The number of carbonyl (C=O) groups is 1. The normalized spacial score (nSPS) is 9.95. The zero-order chi connectivity index (χ0) is 15.2. The van der Waals surface area contributed by atoms with Crippen LogP contribution in [0.15, 0.2) is 42.5 Å². The molecular formula is C16H14FN3O. The molecule has 2 rings (SSSR count). The molecule has 0 saturated carbocycles. The summed E-state index contributed by atoms with van der Waals surface area (Å²) >= 11 is 0. The van der Waals surface area contributed by atoms with Crippen molar-refractivity contribution in [3.8, 4) is 6.07 Å². The van der Waals surface area contributed by atoms with Crippen molar-refractivity contribution in [2.75, 3.05) is 11.9 Å². The second kappa shape index (κ2) is 6.64. The van der Waals surface area contributed by atoms with Crippen LogP contribution in [0.25, 0.3) is 0 Å². The first kappa shape index (κ1) is 14.7. The minimum Gasteiger partial charge on any atom is -0.330 e. The van der Waals surface area contributed by atoms with Crippen LogP contribution in [0, 0.1) is 17.1 Å². The van der Waals surface area contributed by atoms with Crippen molar-refractivity contribution in [2.45, 2.75) is 6.42 Å². The molecule has 0 saturated heterocycles. The number of amides is 1. The predicted octanol–water partition coefficient (Wildman–Crippen LogP) is 2.45. The van der Waals surface area contributed by atoms with Gasteiger partial charge in [-0.1, -0.05) is 18.2 Å². The van der Waals surface area contributed by atoms with Crippen LogP contribution < -0.4 is 11.1 Å². The Bertz CT molecular complexity index is 690. The van der Waals surface area contributed by atoms with E-state index < -0.39 is 11.7 Å². The van der Waals surface area contributed by atoms with Gasteiger partial charge in [0.2, 0.25) is 0 Å². The number of halogens is 1. The third-order valence-corrected chi connectivity index (χ3v) is 3.02. The first-order valence-electron chi connectivity index (χ1n) is 6.44. The lowest BCUT2D eigenvalue weighted by atomic mass is 10.1. The van der Waals surface area contributed by atoms with E-state index in [1.54, 1.807) is 18.2 Å². The van der Waals surface area contributed by atoms with E-state index in [2.05, 4.69) is 5.32 Å². The molecule has 0 bridgehead atoms. The molecule has 0 aliphatic carbocycles. The Balaban J connectivity index is 2.19. The molecule has 0 spiro atoms. The van der Waals surface area contributed by atoms with E-state index in [0.717, 1.165) is 12.0 Å². The quantitative estimate of drug-likeness (QED) is 0.904. The highest BCUT2D eigenvalue weighted by atomic mass is 19.1. The average molecular weight is 283 g/mol. The van der Waals surface area contributed by atoms with Gasteiger partial charge in [-0.05, 0) is 42.8 Å². The fourth-order valence-corrected chi connectivity index (χ4v) is 1.93. The number of nitrogens with one attached hydrogen (secondary N) is 1. The molecule has 4 nitrogen and oxygen atoms in total. The third-order valence-electron chi connectivity index (χ3n) is 3.02. The van der Waals surface area contributed by atoms with Crippen LogP contribution in [0.2, 0.25) is 0 Å². The summed E-state index contributed by atoms with van der Waals surface area (Å²) in [4.78, 5) is 12.1. The summed E-state index contributed by atoms with van der Waals surface area (Å²) in [5, 5.41) is 11.5. The Labute approximate surface area is 122 Å². The van der Waals surface area contributed by atoms with E-state index in [1.807, 2.05) is 12.1 Å². The summed E-state index contributed by atoms with van der Waals surface area (Å²) < 4.78 is 13.5. The van der Waals surface area contributed by atoms with Gasteiger partial charge in [0, 0.05) is 5.56 Å². The second-order valence-corrected chi connectivity index (χ2v) is 4.46. The van der Waals surface area contributed by atoms with Crippen molar-refractivity contribution in [3.05, 3.63) is 65.0 Å². The Morgan fingerprint density at radius 1 is 1.24 bits per heavy atom. The van der Waals surface area contributed by atoms with Crippen LogP contribution in [0.5, 0.6) is 0 Å². The lowest BCUT2D eigenvalue weighted by molar-refractivity contribution is 0.102. The number of rotatable bonds is 4. The van der Waals surface area contributed by atoms with Crippen molar-refractivity contribution in [2.24, 2.45) is 5.73 Å². The van der Waals surface area contributed by atoms with Gasteiger partial charge < -0.3 is 11.1 Å². The molecule has 3 N–H and O–H groups in total. The number of benzene rings is 2. The standard InChI is InChI=1S/C16H14FN3O/c17-14-2-1-3-15(13(14)10-19)20-16(21)12-6-4-11(5-7-12)8-9-18/h1-7H,8-9,18H2,(H,20,21). The number of hydrogen-bond acceptors (Lipinski definition) is 3. The molecule has 106 valence electrons. The maximum absolute atomic E-state index is 13.5. The summed E-state index contributed by atoms with van der Waals surface area (Å²) in [5.41, 5.74) is 6.92. The van der Waals surface area contributed by atoms with Gasteiger partial charge in [-0.25, -0.2) is 4.39 Å². The molecule has 5 heteroatoms. The maximum Gasteiger partial charge on any atom is 0.255 e. The molecule has 0 aromatic heterocycles. The van der Waals surface area contributed by atoms with Crippen LogP contribution in [0.3, 0.4) is 0 Å². The lowest BCUT2D eigenvalue weighted by Crippen LogP contribution is -2.13. The SMILES string of the molecule is N#Cc1c(F)cccc1NC(=O)c1ccc(CCN)cc1. The van der Waals surface area contributed by atoms with E-state index in [-0.39, 0.29) is 11.3 Å². The first-order chi connectivity index (χ1) is 10.2. The summed E-state index contributed by atoms with van der Waals surface area (Å²) in [5.74, 6) is -1.05. The van der Waals surface area contributed by atoms with Crippen LogP contribution in [-0.2, 0) is 6.42 Å². The Kier molecular flexibility index (Phi) is 4.64. The Hall–Kier alpha value is -2.71.